The van der Waals surface area contributed by atoms with E-state index in [4.69, 9.17) is 21.9 Å². The minimum Gasteiger partial charge on any atom is -0.423 e. The molecule has 4 aromatic rings. The Bertz CT molecular complexity index is 1300. The number of aryl methyl sites for hydroxylation is 2. The summed E-state index contributed by atoms with van der Waals surface area (Å²) < 4.78 is 6.89. The zero-order valence-corrected chi connectivity index (χ0v) is 17.0. The van der Waals surface area contributed by atoms with Crippen LogP contribution in [0.4, 0.5) is 0 Å². The summed E-state index contributed by atoms with van der Waals surface area (Å²) in [6.07, 6.45) is 3.25. The van der Waals surface area contributed by atoms with E-state index in [-0.39, 0.29) is 5.63 Å². The van der Waals surface area contributed by atoms with Crippen LogP contribution in [0.3, 0.4) is 0 Å². The second-order valence-electron chi connectivity index (χ2n) is 7.04. The highest BCUT2D eigenvalue weighted by Gasteiger charge is 2.17. The van der Waals surface area contributed by atoms with Gasteiger partial charge in [0.05, 0.1) is 0 Å². The minimum atomic E-state index is -0.347. The van der Waals surface area contributed by atoms with Crippen LogP contribution in [0, 0.1) is 0 Å². The van der Waals surface area contributed by atoms with E-state index < -0.39 is 0 Å². The predicted octanol–water partition coefficient (Wildman–Crippen LogP) is 4.20. The number of aromatic nitrogens is 3. The fourth-order valence-corrected chi connectivity index (χ4v) is 4.79. The first-order valence-corrected chi connectivity index (χ1v) is 10.6. The Kier molecular flexibility index (Phi) is 4.56. The fourth-order valence-electron chi connectivity index (χ4n) is 3.76. The Balaban J connectivity index is 1.46. The van der Waals surface area contributed by atoms with Gasteiger partial charge >= 0.3 is 5.63 Å². The van der Waals surface area contributed by atoms with E-state index in [1.807, 2.05) is 18.2 Å². The summed E-state index contributed by atoms with van der Waals surface area (Å²) in [6.45, 7) is 0. The van der Waals surface area contributed by atoms with E-state index >= 15 is 0 Å². The van der Waals surface area contributed by atoms with E-state index in [0.717, 1.165) is 35.8 Å². The molecule has 146 valence electrons. The van der Waals surface area contributed by atoms with Crippen LogP contribution in [-0.4, -0.2) is 14.9 Å². The normalized spacial score (nSPS) is 13.1. The molecule has 0 aliphatic heterocycles. The van der Waals surface area contributed by atoms with Gasteiger partial charge in [0.2, 0.25) is 5.16 Å². The second-order valence-corrected chi connectivity index (χ2v) is 8.42. The molecule has 6 nitrogen and oxygen atoms in total. The molecule has 0 saturated carbocycles. The molecule has 0 atom stereocenters. The van der Waals surface area contributed by atoms with Gasteiger partial charge in [-0.25, -0.2) is 9.47 Å². The van der Waals surface area contributed by atoms with Gasteiger partial charge in [-0.15, -0.1) is 10.2 Å². The lowest BCUT2D eigenvalue weighted by molar-refractivity contribution is 0.559. The van der Waals surface area contributed by atoms with E-state index in [2.05, 4.69) is 16.3 Å². The lowest BCUT2D eigenvalue weighted by atomic mass is 10.0. The van der Waals surface area contributed by atoms with Crippen LogP contribution in [0.1, 0.15) is 23.1 Å². The largest absolute Gasteiger partial charge is 0.423 e. The highest BCUT2D eigenvalue weighted by molar-refractivity contribution is 7.98. The van der Waals surface area contributed by atoms with Crippen LogP contribution in [0.15, 0.2) is 56.8 Å². The molecule has 0 bridgehead atoms. The number of fused-ring (bicyclic) bond motifs is 2. The Morgan fingerprint density at radius 1 is 1.14 bits per heavy atom. The fraction of sp³-hybridized carbons (Fsp3) is 0.190. The van der Waals surface area contributed by atoms with Gasteiger partial charge in [0.15, 0.2) is 5.82 Å². The lowest BCUT2D eigenvalue weighted by Crippen LogP contribution is -2.11. The van der Waals surface area contributed by atoms with E-state index in [0.29, 0.717) is 27.3 Å². The summed E-state index contributed by atoms with van der Waals surface area (Å²) in [4.78, 5) is 12.1. The molecule has 2 aromatic heterocycles. The first-order valence-electron chi connectivity index (χ1n) is 9.26. The van der Waals surface area contributed by atoms with Gasteiger partial charge in [-0.05, 0) is 60.2 Å². The third-order valence-corrected chi connectivity index (χ3v) is 6.37. The van der Waals surface area contributed by atoms with Crippen LogP contribution in [0.2, 0.25) is 5.02 Å². The van der Waals surface area contributed by atoms with Crippen molar-refractivity contribution in [2.75, 3.05) is 5.84 Å². The van der Waals surface area contributed by atoms with Gasteiger partial charge in [0.1, 0.15) is 5.58 Å². The number of benzene rings is 2. The number of rotatable bonds is 4. The first kappa shape index (κ1) is 18.3. The summed E-state index contributed by atoms with van der Waals surface area (Å²) in [5.41, 5.74) is 4.60. The van der Waals surface area contributed by atoms with Crippen molar-refractivity contribution in [2.45, 2.75) is 30.2 Å². The Hall–Kier alpha value is -2.77. The molecular weight excluding hydrogens is 408 g/mol. The molecular formula is C21H17ClN4O2S. The highest BCUT2D eigenvalue weighted by atomic mass is 35.5. The lowest BCUT2D eigenvalue weighted by Gasteiger charge is -2.08. The van der Waals surface area contributed by atoms with Crippen molar-refractivity contribution in [3.63, 3.8) is 0 Å². The minimum absolute atomic E-state index is 0.347. The smallest absolute Gasteiger partial charge is 0.336 e. The van der Waals surface area contributed by atoms with Gasteiger partial charge in [-0.2, -0.15) is 0 Å². The molecule has 29 heavy (non-hydrogen) atoms. The highest BCUT2D eigenvalue weighted by Crippen LogP contribution is 2.31. The first-order chi connectivity index (χ1) is 14.1. The standard InChI is InChI=1S/C21H17ClN4O2S/c22-16-6-2-5-14(7-16)20-24-25-21(26(20)23)29-11-15-10-19(27)28-18-9-13-4-1-3-12(13)8-17(15)18/h2,5-10H,1,3-4,11,23H2. The van der Waals surface area contributed by atoms with E-state index in [9.17, 15) is 4.79 Å². The molecule has 0 fully saturated rings. The molecule has 1 aliphatic carbocycles. The van der Waals surface area contributed by atoms with Crippen LogP contribution < -0.4 is 11.5 Å². The van der Waals surface area contributed by atoms with Gasteiger partial charge in [0.25, 0.3) is 0 Å². The van der Waals surface area contributed by atoms with E-state index in [1.165, 1.54) is 27.6 Å². The Labute approximate surface area is 175 Å². The molecule has 0 saturated heterocycles. The number of halogens is 1. The van der Waals surface area contributed by atoms with Crippen molar-refractivity contribution in [3.05, 3.63) is 74.6 Å². The van der Waals surface area contributed by atoms with Crippen molar-refractivity contribution in [3.8, 4) is 11.4 Å². The molecule has 1 aliphatic rings. The maximum absolute atomic E-state index is 12.1. The van der Waals surface area contributed by atoms with Gasteiger partial charge < -0.3 is 10.3 Å². The molecule has 2 aromatic carbocycles. The number of nitrogen functional groups attached to an aromatic ring is 1. The number of nitrogens with two attached hydrogens (primary N) is 1. The van der Waals surface area contributed by atoms with Crippen LogP contribution in [0.5, 0.6) is 0 Å². The summed E-state index contributed by atoms with van der Waals surface area (Å²) in [5, 5.41) is 10.5. The average Bonchev–Trinajstić information content (AvgIpc) is 3.30. The molecule has 8 heteroatoms. The molecule has 2 heterocycles. The summed E-state index contributed by atoms with van der Waals surface area (Å²) >= 11 is 7.49. The third-order valence-electron chi connectivity index (χ3n) is 5.15. The van der Waals surface area contributed by atoms with Crippen molar-refractivity contribution in [1.29, 1.82) is 0 Å². The predicted molar refractivity (Wildman–Crippen MR) is 115 cm³/mol. The van der Waals surface area contributed by atoms with Crippen molar-refractivity contribution in [2.24, 2.45) is 0 Å². The third kappa shape index (κ3) is 3.41. The van der Waals surface area contributed by atoms with Crippen LogP contribution in [0.25, 0.3) is 22.4 Å². The van der Waals surface area contributed by atoms with Gasteiger partial charge in [-0.3, -0.25) is 0 Å². The number of hydrogen-bond acceptors (Lipinski definition) is 6. The van der Waals surface area contributed by atoms with Crippen molar-refractivity contribution in [1.82, 2.24) is 14.9 Å². The zero-order valence-electron chi connectivity index (χ0n) is 15.4. The number of thioether (sulfide) groups is 1. The summed E-state index contributed by atoms with van der Waals surface area (Å²) in [7, 11) is 0. The summed E-state index contributed by atoms with van der Waals surface area (Å²) in [5.74, 6) is 7.28. The monoisotopic (exact) mass is 424 g/mol. The summed E-state index contributed by atoms with van der Waals surface area (Å²) in [6, 6.07) is 13.0. The number of hydrogen-bond donors (Lipinski definition) is 1. The SMILES string of the molecule is Nn1c(SCc2cc(=O)oc3cc4c(cc23)CCC4)nnc1-c1cccc(Cl)c1. The molecule has 2 N–H and O–H groups in total. The van der Waals surface area contributed by atoms with Crippen molar-refractivity contribution < 1.29 is 4.42 Å². The number of nitrogens with zero attached hydrogens (tertiary/aromatic N) is 3. The molecule has 0 amide bonds. The van der Waals surface area contributed by atoms with Gasteiger partial charge in [-0.1, -0.05) is 35.5 Å². The maximum Gasteiger partial charge on any atom is 0.336 e. The molecule has 5 rings (SSSR count). The molecule has 0 unspecified atom stereocenters. The Morgan fingerprint density at radius 3 is 2.79 bits per heavy atom. The quantitative estimate of drug-likeness (QED) is 0.300. The van der Waals surface area contributed by atoms with E-state index in [1.54, 1.807) is 18.2 Å². The average molecular weight is 425 g/mol. The van der Waals surface area contributed by atoms with Crippen LogP contribution >= 0.6 is 23.4 Å². The second kappa shape index (κ2) is 7.24. The Morgan fingerprint density at radius 2 is 1.97 bits per heavy atom. The maximum atomic E-state index is 12.1. The zero-order chi connectivity index (χ0) is 20.0. The van der Waals surface area contributed by atoms with Crippen molar-refractivity contribution >= 4 is 34.3 Å². The molecule has 0 radical (unpaired) electrons. The topological polar surface area (TPSA) is 86.9 Å². The van der Waals surface area contributed by atoms with Gasteiger partial charge in [0, 0.05) is 27.8 Å². The van der Waals surface area contributed by atoms with Crippen LogP contribution in [-0.2, 0) is 18.6 Å². The molecule has 0 spiro atoms.